The number of hydrogen-bond donors (Lipinski definition) is 1. The maximum Gasteiger partial charge on any atom is 0.508 e. The Morgan fingerprint density at radius 1 is 0.846 bits per heavy atom. The molecule has 1 aromatic rings. The van der Waals surface area contributed by atoms with E-state index in [2.05, 4.69) is 0 Å². The molecule has 10 nitrogen and oxygen atoms in total. The summed E-state index contributed by atoms with van der Waals surface area (Å²) in [6, 6.07) is 4.62. The number of esters is 3. The number of carbonyl (C=O) groups excluding carboxylic acids is 4. The Kier molecular flexibility index (Phi) is 12.4. The monoisotopic (exact) mass is 551 g/mol. The number of benzene rings is 1. The van der Waals surface area contributed by atoms with E-state index < -0.39 is 40.4 Å². The number of carbonyl (C=O) groups is 4. The molecule has 10 heteroatoms. The highest BCUT2D eigenvalue weighted by Crippen LogP contribution is 2.35. The quantitative estimate of drug-likeness (QED) is 0.248. The Morgan fingerprint density at radius 2 is 1.38 bits per heavy atom. The summed E-state index contributed by atoms with van der Waals surface area (Å²) in [7, 11) is 1.21. The standard InChI is InChI=1S/C29H45NO9/c1-10-27(5,6)23(31)38-21-13-12-20(16-22(21)39-24(32)28(7,8)11-2)17-29(30,25(33)35-9)14-15-36-26(34)37-18-19(3)4/h12-13,16,19H,10-11,14-15,17-18,30H2,1-9H3. The number of nitrogens with two attached hydrogens (primary N) is 1. The number of rotatable bonds is 14. The van der Waals surface area contributed by atoms with E-state index in [4.69, 9.17) is 29.4 Å². The van der Waals surface area contributed by atoms with Crippen LogP contribution in [0.1, 0.15) is 80.2 Å². The molecular weight excluding hydrogens is 506 g/mol. The second kappa shape index (κ2) is 14.3. The van der Waals surface area contributed by atoms with Gasteiger partial charge in [-0.1, -0.05) is 33.8 Å². The first-order valence-corrected chi connectivity index (χ1v) is 13.3. The fraction of sp³-hybridized carbons (Fsp3) is 0.655. The number of methoxy groups -OCH3 is 1. The SMILES string of the molecule is CCC(C)(C)C(=O)Oc1ccc(CC(N)(CCOC(=O)OCC(C)C)C(=O)OC)cc1OC(=O)C(C)(C)CC. The Balaban J connectivity index is 3.27. The molecule has 1 rings (SSSR count). The van der Waals surface area contributed by atoms with E-state index in [0.29, 0.717) is 18.4 Å². The summed E-state index contributed by atoms with van der Waals surface area (Å²) in [5.74, 6) is -1.46. The molecule has 1 aromatic carbocycles. The van der Waals surface area contributed by atoms with Crippen LogP contribution in [0.25, 0.3) is 0 Å². The van der Waals surface area contributed by atoms with Crippen LogP contribution in [0, 0.1) is 16.7 Å². The van der Waals surface area contributed by atoms with E-state index >= 15 is 0 Å². The van der Waals surface area contributed by atoms with Crippen molar-refractivity contribution in [2.45, 2.75) is 86.6 Å². The Bertz CT molecular complexity index is 1020. The summed E-state index contributed by atoms with van der Waals surface area (Å²) in [6.07, 6.45) is 0.113. The molecule has 2 N–H and O–H groups in total. The van der Waals surface area contributed by atoms with Gasteiger partial charge in [-0.25, -0.2) is 4.79 Å². The minimum atomic E-state index is -1.57. The molecule has 0 aliphatic heterocycles. The molecular formula is C29H45NO9. The van der Waals surface area contributed by atoms with Crippen molar-refractivity contribution in [1.29, 1.82) is 0 Å². The zero-order valence-corrected chi connectivity index (χ0v) is 24.8. The van der Waals surface area contributed by atoms with E-state index in [0.717, 1.165) is 0 Å². The minimum absolute atomic E-state index is 0.0278. The van der Waals surface area contributed by atoms with Gasteiger partial charge in [-0.2, -0.15) is 0 Å². The first-order chi connectivity index (χ1) is 18.0. The fourth-order valence-electron chi connectivity index (χ4n) is 3.01. The maximum atomic E-state index is 12.9. The number of hydrogen-bond acceptors (Lipinski definition) is 10. The normalized spacial score (nSPS) is 13.3. The number of ether oxygens (including phenoxy) is 5. The summed E-state index contributed by atoms with van der Waals surface area (Å²) in [5, 5.41) is 0. The molecule has 0 amide bonds. The average Bonchev–Trinajstić information content (AvgIpc) is 2.88. The lowest BCUT2D eigenvalue weighted by atomic mass is 9.88. The third kappa shape index (κ3) is 10.2. The molecule has 1 atom stereocenters. The predicted octanol–water partition coefficient (Wildman–Crippen LogP) is 4.98. The average molecular weight is 552 g/mol. The molecule has 0 saturated heterocycles. The lowest BCUT2D eigenvalue weighted by Gasteiger charge is -2.27. The Labute approximate surface area is 231 Å². The van der Waals surface area contributed by atoms with Crippen LogP contribution in [0.15, 0.2) is 18.2 Å². The van der Waals surface area contributed by atoms with Crippen molar-refractivity contribution in [3.05, 3.63) is 23.8 Å². The molecule has 39 heavy (non-hydrogen) atoms. The van der Waals surface area contributed by atoms with Gasteiger partial charge in [0, 0.05) is 12.8 Å². The molecule has 220 valence electrons. The van der Waals surface area contributed by atoms with Gasteiger partial charge in [0.05, 0.1) is 31.2 Å². The van der Waals surface area contributed by atoms with Gasteiger partial charge >= 0.3 is 24.1 Å². The summed E-state index contributed by atoms with van der Waals surface area (Å²) in [6.45, 7) is 14.5. The van der Waals surface area contributed by atoms with Crippen LogP contribution in [-0.4, -0.2) is 49.9 Å². The Morgan fingerprint density at radius 3 is 1.87 bits per heavy atom. The molecule has 0 heterocycles. The van der Waals surface area contributed by atoms with Crippen LogP contribution in [0.2, 0.25) is 0 Å². The summed E-state index contributed by atoms with van der Waals surface area (Å²) in [5.41, 5.74) is 3.83. The predicted molar refractivity (Wildman–Crippen MR) is 145 cm³/mol. The first-order valence-electron chi connectivity index (χ1n) is 13.3. The van der Waals surface area contributed by atoms with Gasteiger partial charge in [-0.15, -0.1) is 0 Å². The van der Waals surface area contributed by atoms with Crippen molar-refractivity contribution in [3.63, 3.8) is 0 Å². The molecule has 0 aliphatic rings. The van der Waals surface area contributed by atoms with Gasteiger partial charge in [-0.05, 0) is 64.2 Å². The van der Waals surface area contributed by atoms with Gasteiger partial charge in [0.2, 0.25) is 0 Å². The topological polar surface area (TPSA) is 140 Å². The molecule has 0 aliphatic carbocycles. The summed E-state index contributed by atoms with van der Waals surface area (Å²) in [4.78, 5) is 50.1. The minimum Gasteiger partial charge on any atom is -0.468 e. The van der Waals surface area contributed by atoms with Crippen LogP contribution < -0.4 is 15.2 Å². The lowest BCUT2D eigenvalue weighted by Crippen LogP contribution is -2.51. The Hall–Kier alpha value is -3.14. The molecule has 0 spiro atoms. The van der Waals surface area contributed by atoms with E-state index in [-0.39, 0.29) is 43.5 Å². The third-order valence-electron chi connectivity index (χ3n) is 6.70. The second-order valence-corrected chi connectivity index (χ2v) is 11.4. The van der Waals surface area contributed by atoms with Crippen molar-refractivity contribution in [3.8, 4) is 11.5 Å². The van der Waals surface area contributed by atoms with Gasteiger partial charge in [-0.3, -0.25) is 14.4 Å². The van der Waals surface area contributed by atoms with Crippen molar-refractivity contribution in [1.82, 2.24) is 0 Å². The summed E-state index contributed by atoms with van der Waals surface area (Å²) >= 11 is 0. The second-order valence-electron chi connectivity index (χ2n) is 11.4. The van der Waals surface area contributed by atoms with Crippen molar-refractivity contribution < 1.29 is 42.9 Å². The van der Waals surface area contributed by atoms with Crippen molar-refractivity contribution >= 4 is 24.1 Å². The molecule has 0 radical (unpaired) electrons. The van der Waals surface area contributed by atoms with E-state index in [1.165, 1.54) is 19.2 Å². The van der Waals surface area contributed by atoms with Gasteiger partial charge in [0.1, 0.15) is 5.54 Å². The molecule has 0 aromatic heterocycles. The van der Waals surface area contributed by atoms with Crippen LogP contribution in [-0.2, 0) is 35.0 Å². The molecule has 1 unspecified atom stereocenters. The first kappa shape index (κ1) is 33.9. The van der Waals surface area contributed by atoms with Gasteiger partial charge in [0.15, 0.2) is 11.5 Å². The highest BCUT2D eigenvalue weighted by atomic mass is 16.7. The fourth-order valence-corrected chi connectivity index (χ4v) is 3.01. The zero-order valence-electron chi connectivity index (χ0n) is 24.8. The molecule has 0 fully saturated rings. The van der Waals surface area contributed by atoms with Gasteiger partial charge < -0.3 is 29.4 Å². The van der Waals surface area contributed by atoms with E-state index in [1.54, 1.807) is 33.8 Å². The summed E-state index contributed by atoms with van der Waals surface area (Å²) < 4.78 is 26.3. The maximum absolute atomic E-state index is 12.9. The van der Waals surface area contributed by atoms with Crippen molar-refractivity contribution in [2.24, 2.45) is 22.5 Å². The van der Waals surface area contributed by atoms with Crippen LogP contribution >= 0.6 is 0 Å². The van der Waals surface area contributed by atoms with Crippen molar-refractivity contribution in [2.75, 3.05) is 20.3 Å². The van der Waals surface area contributed by atoms with E-state index in [1.807, 2.05) is 27.7 Å². The molecule has 0 saturated carbocycles. The lowest BCUT2D eigenvalue weighted by molar-refractivity contribution is -0.148. The zero-order chi connectivity index (χ0) is 30.0. The molecule has 0 bridgehead atoms. The third-order valence-corrected chi connectivity index (χ3v) is 6.70. The smallest absolute Gasteiger partial charge is 0.468 e. The highest BCUT2D eigenvalue weighted by molar-refractivity contribution is 5.82. The van der Waals surface area contributed by atoms with E-state index in [9.17, 15) is 19.2 Å². The highest BCUT2D eigenvalue weighted by Gasteiger charge is 2.37. The largest absolute Gasteiger partial charge is 0.508 e. The van der Waals surface area contributed by atoms with Crippen LogP contribution in [0.5, 0.6) is 11.5 Å². The van der Waals surface area contributed by atoms with Gasteiger partial charge in [0.25, 0.3) is 0 Å². The van der Waals surface area contributed by atoms with Crippen LogP contribution in [0.4, 0.5) is 4.79 Å². The van der Waals surface area contributed by atoms with Crippen LogP contribution in [0.3, 0.4) is 0 Å².